The number of benzene rings is 1. The number of alkyl halides is 1. The zero-order valence-electron chi connectivity index (χ0n) is 10.4. The van der Waals surface area contributed by atoms with E-state index in [9.17, 15) is 0 Å². The normalized spacial score (nSPS) is 13.6. The maximum absolute atomic E-state index is 3.78. The van der Waals surface area contributed by atoms with Crippen molar-refractivity contribution in [2.24, 2.45) is 0 Å². The molecular formula is C15H17BrS. The first kappa shape index (κ1) is 12.8. The minimum Gasteiger partial charge on any atom is -0.143 e. The highest BCUT2D eigenvalue weighted by Gasteiger charge is 2.19. The van der Waals surface area contributed by atoms with Crippen molar-refractivity contribution in [3.8, 4) is 0 Å². The quantitative estimate of drug-likeness (QED) is 0.640. The Morgan fingerprint density at radius 3 is 2.18 bits per heavy atom. The van der Waals surface area contributed by atoms with Crippen LogP contribution in [-0.2, 0) is 5.41 Å². The molecule has 90 valence electrons. The molecule has 0 aliphatic heterocycles. The average molecular weight is 309 g/mol. The molecule has 17 heavy (non-hydrogen) atoms. The number of hydrogen-bond acceptors (Lipinski definition) is 1. The van der Waals surface area contributed by atoms with Crippen LogP contribution in [0.5, 0.6) is 0 Å². The topological polar surface area (TPSA) is 0 Å². The fourth-order valence-corrected chi connectivity index (χ4v) is 3.49. The van der Waals surface area contributed by atoms with E-state index in [2.05, 4.69) is 79.2 Å². The lowest BCUT2D eigenvalue weighted by atomic mass is 9.95. The first-order valence-electron chi connectivity index (χ1n) is 5.78. The van der Waals surface area contributed by atoms with Gasteiger partial charge in [-0.3, -0.25) is 0 Å². The first-order chi connectivity index (χ1) is 7.98. The largest absolute Gasteiger partial charge is 0.143 e. The molecule has 1 aromatic carbocycles. The summed E-state index contributed by atoms with van der Waals surface area (Å²) in [5.74, 6) is 0. The van der Waals surface area contributed by atoms with Crippen molar-refractivity contribution in [2.45, 2.75) is 31.0 Å². The zero-order chi connectivity index (χ0) is 12.5. The molecule has 2 heteroatoms. The van der Waals surface area contributed by atoms with Crippen molar-refractivity contribution in [3.63, 3.8) is 0 Å². The Labute approximate surface area is 116 Å². The maximum atomic E-state index is 3.78. The molecule has 2 aromatic rings. The van der Waals surface area contributed by atoms with E-state index in [-0.39, 0.29) is 5.41 Å². The van der Waals surface area contributed by atoms with Gasteiger partial charge in [0.2, 0.25) is 0 Å². The molecule has 0 nitrogen and oxygen atoms in total. The molecule has 0 radical (unpaired) electrons. The Bertz CT molecular complexity index is 479. The summed E-state index contributed by atoms with van der Waals surface area (Å²) in [6, 6.07) is 15.0. The number of thiophene rings is 1. The first-order valence-corrected chi connectivity index (χ1v) is 7.51. The molecule has 0 bridgehead atoms. The van der Waals surface area contributed by atoms with E-state index in [0.717, 1.165) is 0 Å². The Morgan fingerprint density at radius 2 is 1.65 bits per heavy atom. The van der Waals surface area contributed by atoms with Gasteiger partial charge in [-0.1, -0.05) is 67.0 Å². The van der Waals surface area contributed by atoms with E-state index in [4.69, 9.17) is 0 Å². The molecule has 1 heterocycles. The van der Waals surface area contributed by atoms with Gasteiger partial charge in [-0.25, -0.2) is 0 Å². The van der Waals surface area contributed by atoms with Crippen molar-refractivity contribution >= 4 is 27.3 Å². The predicted octanol–water partition coefficient (Wildman–Crippen LogP) is 5.53. The summed E-state index contributed by atoms with van der Waals surface area (Å²) in [6.07, 6.45) is 0. The van der Waals surface area contributed by atoms with Gasteiger partial charge in [0.1, 0.15) is 0 Å². The van der Waals surface area contributed by atoms with E-state index < -0.39 is 0 Å². The van der Waals surface area contributed by atoms with Crippen LogP contribution >= 0.6 is 27.3 Å². The number of halogens is 1. The third-order valence-electron chi connectivity index (χ3n) is 2.71. The third-order valence-corrected chi connectivity index (χ3v) is 5.61. The van der Waals surface area contributed by atoms with Crippen LogP contribution in [0.2, 0.25) is 0 Å². The van der Waals surface area contributed by atoms with Crippen LogP contribution in [0.25, 0.3) is 0 Å². The summed E-state index contributed by atoms with van der Waals surface area (Å²) >= 11 is 5.68. The fourth-order valence-electron chi connectivity index (χ4n) is 1.68. The van der Waals surface area contributed by atoms with Crippen molar-refractivity contribution in [1.82, 2.24) is 0 Å². The van der Waals surface area contributed by atoms with E-state index in [1.165, 1.54) is 15.3 Å². The van der Waals surface area contributed by atoms with Crippen LogP contribution in [0, 0.1) is 0 Å². The van der Waals surface area contributed by atoms with Gasteiger partial charge in [-0.2, -0.15) is 0 Å². The lowest BCUT2D eigenvalue weighted by Crippen LogP contribution is -2.07. The molecule has 0 spiro atoms. The molecule has 0 amide bonds. The van der Waals surface area contributed by atoms with Gasteiger partial charge in [0, 0.05) is 9.75 Å². The van der Waals surface area contributed by atoms with Crippen LogP contribution in [0.15, 0.2) is 42.5 Å². The van der Waals surface area contributed by atoms with Gasteiger partial charge in [-0.05, 0) is 23.1 Å². The third kappa shape index (κ3) is 2.99. The molecule has 1 atom stereocenters. The van der Waals surface area contributed by atoms with E-state index >= 15 is 0 Å². The second-order valence-electron chi connectivity index (χ2n) is 5.23. The zero-order valence-corrected chi connectivity index (χ0v) is 12.8. The predicted molar refractivity (Wildman–Crippen MR) is 80.2 cm³/mol. The van der Waals surface area contributed by atoms with Crippen LogP contribution in [0.3, 0.4) is 0 Å². The lowest BCUT2D eigenvalue weighted by Gasteiger charge is -2.15. The van der Waals surface area contributed by atoms with Gasteiger partial charge in [-0.15, -0.1) is 11.3 Å². The minimum atomic E-state index is 0.242. The monoisotopic (exact) mass is 308 g/mol. The summed E-state index contributed by atoms with van der Waals surface area (Å²) in [6.45, 7) is 6.77. The molecule has 0 saturated heterocycles. The van der Waals surface area contributed by atoms with E-state index in [1.807, 2.05) is 11.3 Å². The summed E-state index contributed by atoms with van der Waals surface area (Å²) in [5, 5.41) is 0. The Morgan fingerprint density at radius 1 is 1.00 bits per heavy atom. The molecule has 2 rings (SSSR count). The molecule has 0 aliphatic carbocycles. The second kappa shape index (κ2) is 4.95. The van der Waals surface area contributed by atoms with Crippen molar-refractivity contribution in [2.75, 3.05) is 0 Å². The average Bonchev–Trinajstić information content (AvgIpc) is 2.78. The van der Waals surface area contributed by atoms with Gasteiger partial charge in [0.05, 0.1) is 4.83 Å². The Kier molecular flexibility index (Phi) is 3.74. The highest BCUT2D eigenvalue weighted by molar-refractivity contribution is 9.09. The van der Waals surface area contributed by atoms with Crippen molar-refractivity contribution in [1.29, 1.82) is 0 Å². The number of rotatable bonds is 2. The van der Waals surface area contributed by atoms with Crippen LogP contribution in [0.4, 0.5) is 0 Å². The summed E-state index contributed by atoms with van der Waals surface area (Å²) in [5.41, 5.74) is 1.56. The molecule has 0 aliphatic rings. The van der Waals surface area contributed by atoms with Gasteiger partial charge < -0.3 is 0 Å². The van der Waals surface area contributed by atoms with Gasteiger partial charge in [0.15, 0.2) is 0 Å². The SMILES string of the molecule is CC(C)(C)c1ccc(C(Br)c2ccccc2)s1. The van der Waals surface area contributed by atoms with E-state index in [0.29, 0.717) is 4.83 Å². The van der Waals surface area contributed by atoms with Crippen molar-refractivity contribution in [3.05, 3.63) is 57.8 Å². The second-order valence-corrected chi connectivity index (χ2v) is 7.26. The molecule has 0 fully saturated rings. The molecule has 0 N–H and O–H groups in total. The Balaban J connectivity index is 2.27. The molecule has 0 saturated carbocycles. The summed E-state index contributed by atoms with van der Waals surface area (Å²) in [4.78, 5) is 3.12. The fraction of sp³-hybridized carbons (Fsp3) is 0.333. The van der Waals surface area contributed by atoms with Crippen molar-refractivity contribution < 1.29 is 0 Å². The summed E-state index contributed by atoms with van der Waals surface area (Å²) < 4.78 is 0. The van der Waals surface area contributed by atoms with Crippen LogP contribution < -0.4 is 0 Å². The van der Waals surface area contributed by atoms with Gasteiger partial charge in [0.25, 0.3) is 0 Å². The smallest absolute Gasteiger partial charge is 0.0738 e. The van der Waals surface area contributed by atoms with Crippen LogP contribution in [0.1, 0.15) is 40.9 Å². The molecule has 1 aromatic heterocycles. The standard InChI is InChI=1S/C15H17BrS/c1-15(2,3)13-10-9-12(17-13)14(16)11-7-5-4-6-8-11/h4-10,14H,1-3H3. The summed E-state index contributed by atoms with van der Waals surface area (Å²) in [7, 11) is 0. The minimum absolute atomic E-state index is 0.242. The molecular weight excluding hydrogens is 292 g/mol. The Hall–Kier alpha value is -0.600. The lowest BCUT2D eigenvalue weighted by molar-refractivity contribution is 0.604. The maximum Gasteiger partial charge on any atom is 0.0738 e. The van der Waals surface area contributed by atoms with Gasteiger partial charge >= 0.3 is 0 Å². The highest BCUT2D eigenvalue weighted by Crippen LogP contribution is 2.38. The number of hydrogen-bond donors (Lipinski definition) is 0. The van der Waals surface area contributed by atoms with E-state index in [1.54, 1.807) is 0 Å². The molecule has 1 unspecified atom stereocenters. The van der Waals surface area contributed by atoms with Crippen LogP contribution in [-0.4, -0.2) is 0 Å². The highest BCUT2D eigenvalue weighted by atomic mass is 79.9.